The average Bonchev–Trinajstić information content (AvgIpc) is 2.18. The molecule has 1 rings (SSSR count). The number of carbonyl (C=O) groups is 3. The van der Waals surface area contributed by atoms with Gasteiger partial charge in [-0.1, -0.05) is 6.42 Å². The van der Waals surface area contributed by atoms with Gasteiger partial charge in [0.2, 0.25) is 5.41 Å². The van der Waals surface area contributed by atoms with Crippen molar-refractivity contribution in [2.75, 3.05) is 6.61 Å². The molecule has 1 unspecified atom stereocenters. The van der Waals surface area contributed by atoms with Crippen LogP contribution in [-0.2, 0) is 19.1 Å². The molecule has 84 valence electrons. The van der Waals surface area contributed by atoms with Crippen molar-refractivity contribution in [2.45, 2.75) is 32.6 Å². The van der Waals surface area contributed by atoms with E-state index >= 15 is 0 Å². The summed E-state index contributed by atoms with van der Waals surface area (Å²) < 4.78 is 4.68. The van der Waals surface area contributed by atoms with E-state index in [0.29, 0.717) is 12.8 Å². The number of hydrogen-bond donors (Lipinski definition) is 1. The Morgan fingerprint density at radius 2 is 2.13 bits per heavy atom. The van der Waals surface area contributed by atoms with Gasteiger partial charge >= 0.3 is 11.9 Å². The second-order valence-electron chi connectivity index (χ2n) is 3.56. The van der Waals surface area contributed by atoms with Gasteiger partial charge in [-0.2, -0.15) is 0 Å². The molecule has 0 saturated heterocycles. The first-order valence-corrected chi connectivity index (χ1v) is 4.99. The lowest BCUT2D eigenvalue weighted by atomic mass is 9.73. The van der Waals surface area contributed by atoms with Crippen molar-refractivity contribution in [2.24, 2.45) is 5.41 Å². The molecule has 15 heavy (non-hydrogen) atoms. The van der Waals surface area contributed by atoms with E-state index in [4.69, 9.17) is 5.11 Å². The van der Waals surface area contributed by atoms with Gasteiger partial charge in [0.1, 0.15) is 0 Å². The number of esters is 1. The van der Waals surface area contributed by atoms with E-state index in [2.05, 4.69) is 4.74 Å². The molecule has 5 heteroatoms. The summed E-state index contributed by atoms with van der Waals surface area (Å²) in [5.41, 5.74) is -1.94. The van der Waals surface area contributed by atoms with Crippen LogP contribution in [0.1, 0.15) is 32.6 Å². The van der Waals surface area contributed by atoms with Crippen molar-refractivity contribution in [3.05, 3.63) is 0 Å². The van der Waals surface area contributed by atoms with E-state index in [1.807, 2.05) is 0 Å². The van der Waals surface area contributed by atoms with Crippen LogP contribution in [0.5, 0.6) is 0 Å². The van der Waals surface area contributed by atoms with Gasteiger partial charge in [-0.05, 0) is 19.8 Å². The number of carbonyl (C=O) groups excluding carboxylic acids is 2. The smallest absolute Gasteiger partial charge is 0.331 e. The highest BCUT2D eigenvalue weighted by molar-refractivity contribution is 6.20. The first kappa shape index (κ1) is 11.7. The zero-order chi connectivity index (χ0) is 11.5. The van der Waals surface area contributed by atoms with Gasteiger partial charge in [-0.3, -0.25) is 14.4 Å². The van der Waals surface area contributed by atoms with Crippen LogP contribution in [0.3, 0.4) is 0 Å². The van der Waals surface area contributed by atoms with Crippen LogP contribution in [0.2, 0.25) is 0 Å². The molecule has 0 aliphatic heterocycles. The lowest BCUT2D eigenvalue weighted by Crippen LogP contribution is -2.49. The van der Waals surface area contributed by atoms with Crippen LogP contribution >= 0.6 is 0 Å². The van der Waals surface area contributed by atoms with E-state index in [9.17, 15) is 14.4 Å². The van der Waals surface area contributed by atoms with E-state index in [1.54, 1.807) is 6.92 Å². The summed E-state index contributed by atoms with van der Waals surface area (Å²) in [6.45, 7) is 1.67. The molecule has 1 aliphatic carbocycles. The molecule has 0 aromatic carbocycles. The normalized spacial score (nSPS) is 26.1. The summed E-state index contributed by atoms with van der Waals surface area (Å²) in [5, 5.41) is 9.03. The Hall–Kier alpha value is -1.39. The quantitative estimate of drug-likeness (QED) is 0.554. The maximum Gasteiger partial charge on any atom is 0.331 e. The molecule has 0 bridgehead atoms. The predicted molar refractivity (Wildman–Crippen MR) is 50.2 cm³/mol. The number of carboxylic acids is 1. The van der Waals surface area contributed by atoms with E-state index in [-0.39, 0.29) is 19.4 Å². The minimum absolute atomic E-state index is 0.0556. The predicted octanol–water partition coefficient (Wildman–Crippen LogP) is 0.764. The number of carboxylic acid groups (broad SMARTS) is 1. The molecule has 1 saturated carbocycles. The van der Waals surface area contributed by atoms with Crippen LogP contribution in [0.15, 0.2) is 0 Å². The highest BCUT2D eigenvalue weighted by Crippen LogP contribution is 2.34. The van der Waals surface area contributed by atoms with Gasteiger partial charge in [0.15, 0.2) is 5.78 Å². The molecule has 0 amide bonds. The zero-order valence-electron chi connectivity index (χ0n) is 8.62. The molecule has 0 radical (unpaired) electrons. The molecule has 5 nitrogen and oxygen atoms in total. The maximum atomic E-state index is 11.6. The van der Waals surface area contributed by atoms with Gasteiger partial charge in [-0.15, -0.1) is 0 Å². The van der Waals surface area contributed by atoms with Crippen LogP contribution in [0.4, 0.5) is 0 Å². The number of ketones is 1. The van der Waals surface area contributed by atoms with Gasteiger partial charge < -0.3 is 9.84 Å². The zero-order valence-corrected chi connectivity index (χ0v) is 8.62. The summed E-state index contributed by atoms with van der Waals surface area (Å²) >= 11 is 0. The minimum atomic E-state index is -1.94. The molecule has 0 aromatic heterocycles. The van der Waals surface area contributed by atoms with Crippen molar-refractivity contribution < 1.29 is 24.2 Å². The Morgan fingerprint density at radius 3 is 2.60 bits per heavy atom. The SMILES string of the molecule is CCOC(=O)C1(C(=O)O)CCCCC1=O. The highest BCUT2D eigenvalue weighted by Gasteiger charge is 2.54. The molecule has 0 spiro atoms. The second kappa shape index (κ2) is 4.42. The Kier molecular flexibility index (Phi) is 3.44. The molecule has 0 heterocycles. The van der Waals surface area contributed by atoms with Gasteiger partial charge in [-0.25, -0.2) is 0 Å². The summed E-state index contributed by atoms with van der Waals surface area (Å²) in [6.07, 6.45) is 1.41. The monoisotopic (exact) mass is 214 g/mol. The molecule has 1 N–H and O–H groups in total. The van der Waals surface area contributed by atoms with Crippen LogP contribution in [0.25, 0.3) is 0 Å². The van der Waals surface area contributed by atoms with Gasteiger partial charge in [0.25, 0.3) is 0 Å². The third-order valence-corrected chi connectivity index (χ3v) is 2.67. The average molecular weight is 214 g/mol. The standard InChI is InChI=1S/C10H14O5/c1-2-15-9(14)10(8(12)13)6-4-3-5-7(10)11/h2-6H2,1H3,(H,12,13). The summed E-state index contributed by atoms with van der Waals surface area (Å²) in [7, 11) is 0. The number of ether oxygens (including phenoxy) is 1. The van der Waals surface area contributed by atoms with Crippen molar-refractivity contribution in [1.29, 1.82) is 0 Å². The lowest BCUT2D eigenvalue weighted by molar-refractivity contribution is -0.173. The lowest BCUT2D eigenvalue weighted by Gasteiger charge is -2.28. The van der Waals surface area contributed by atoms with Crippen LogP contribution in [0, 0.1) is 5.41 Å². The van der Waals surface area contributed by atoms with Gasteiger partial charge in [0, 0.05) is 6.42 Å². The third kappa shape index (κ3) is 1.86. The number of aliphatic carboxylic acids is 1. The highest BCUT2D eigenvalue weighted by atomic mass is 16.5. The summed E-state index contributed by atoms with van der Waals surface area (Å²) in [6, 6.07) is 0. The Bertz CT molecular complexity index is 296. The summed E-state index contributed by atoms with van der Waals surface area (Å²) in [5.74, 6) is -2.83. The molecular formula is C10H14O5. The van der Waals surface area contributed by atoms with Crippen molar-refractivity contribution in [1.82, 2.24) is 0 Å². The Labute approximate surface area is 87.4 Å². The third-order valence-electron chi connectivity index (χ3n) is 2.67. The molecule has 1 fully saturated rings. The minimum Gasteiger partial charge on any atom is -0.480 e. The van der Waals surface area contributed by atoms with Gasteiger partial charge in [0.05, 0.1) is 6.61 Å². The number of Topliss-reactive ketones (excluding diaryl/α,β-unsaturated/α-hetero) is 1. The topological polar surface area (TPSA) is 80.7 Å². The molecule has 1 aliphatic rings. The number of rotatable bonds is 3. The Morgan fingerprint density at radius 1 is 1.47 bits per heavy atom. The molecule has 1 atom stereocenters. The van der Waals surface area contributed by atoms with Crippen LogP contribution < -0.4 is 0 Å². The van der Waals surface area contributed by atoms with E-state index < -0.39 is 23.1 Å². The fourth-order valence-electron chi connectivity index (χ4n) is 1.81. The number of hydrogen-bond acceptors (Lipinski definition) is 4. The summed E-state index contributed by atoms with van der Waals surface area (Å²) in [4.78, 5) is 34.2. The largest absolute Gasteiger partial charge is 0.480 e. The first-order valence-electron chi connectivity index (χ1n) is 4.99. The fourth-order valence-corrected chi connectivity index (χ4v) is 1.81. The van der Waals surface area contributed by atoms with E-state index in [1.165, 1.54) is 0 Å². The first-order chi connectivity index (χ1) is 7.05. The van der Waals surface area contributed by atoms with Crippen molar-refractivity contribution >= 4 is 17.7 Å². The maximum absolute atomic E-state index is 11.6. The van der Waals surface area contributed by atoms with E-state index in [0.717, 1.165) is 0 Å². The molecular weight excluding hydrogens is 200 g/mol. The Balaban J connectivity index is 3.01. The van der Waals surface area contributed by atoms with Crippen molar-refractivity contribution in [3.8, 4) is 0 Å². The molecule has 0 aromatic rings. The van der Waals surface area contributed by atoms with Crippen molar-refractivity contribution in [3.63, 3.8) is 0 Å². The van der Waals surface area contributed by atoms with Crippen LogP contribution in [-0.4, -0.2) is 29.4 Å². The fraction of sp³-hybridized carbons (Fsp3) is 0.700. The second-order valence-corrected chi connectivity index (χ2v) is 3.56.